The Morgan fingerprint density at radius 3 is 1.90 bits per heavy atom. The van der Waals surface area contributed by atoms with Gasteiger partial charge in [-0.15, -0.1) is 0 Å². The number of rotatable bonds is 5. The third kappa shape index (κ3) is 2.25. The molecule has 0 radical (unpaired) electrons. The number of aliphatic hydroxyl groups is 1. The number of likely N-dealkylation sites (N-methyl/N-ethyl adjacent to an activating group) is 1. The summed E-state index contributed by atoms with van der Waals surface area (Å²) in [4.78, 5) is 5.25. The van der Waals surface area contributed by atoms with Gasteiger partial charge in [0.25, 0.3) is 0 Å². The Hall–Kier alpha value is -0.120. The molecule has 0 aromatic rings. The first-order chi connectivity index (χ1) is 4.74. The SMILES string of the molecule is CC[N+](CC)(CCO)OC. The molecule has 0 amide bonds. The third-order valence-corrected chi connectivity index (χ3v) is 2.05. The summed E-state index contributed by atoms with van der Waals surface area (Å²) in [5.74, 6) is 0. The molecule has 0 saturated heterocycles. The molecular formula is C7H18NO2+. The van der Waals surface area contributed by atoms with E-state index in [2.05, 4.69) is 13.8 Å². The molecule has 0 bridgehead atoms. The van der Waals surface area contributed by atoms with Gasteiger partial charge in [0, 0.05) is 0 Å². The van der Waals surface area contributed by atoms with Crippen molar-refractivity contribution in [3.63, 3.8) is 0 Å². The van der Waals surface area contributed by atoms with E-state index in [-0.39, 0.29) is 6.61 Å². The minimum atomic E-state index is 0.190. The first kappa shape index (κ1) is 9.88. The van der Waals surface area contributed by atoms with Crippen molar-refractivity contribution in [2.75, 3.05) is 33.4 Å². The normalized spacial score (nSPS) is 12.0. The fraction of sp³-hybridized carbons (Fsp3) is 1.00. The van der Waals surface area contributed by atoms with Gasteiger partial charge < -0.3 is 5.11 Å². The van der Waals surface area contributed by atoms with Gasteiger partial charge in [0.15, 0.2) is 0 Å². The Labute approximate surface area is 62.8 Å². The zero-order valence-corrected chi connectivity index (χ0v) is 7.13. The van der Waals surface area contributed by atoms with Crippen LogP contribution in [0.4, 0.5) is 0 Å². The quantitative estimate of drug-likeness (QED) is 0.451. The van der Waals surface area contributed by atoms with Gasteiger partial charge in [-0.25, -0.2) is 4.84 Å². The molecule has 0 unspecified atom stereocenters. The first-order valence-electron chi connectivity index (χ1n) is 3.77. The van der Waals surface area contributed by atoms with E-state index in [1.807, 2.05) is 0 Å². The lowest BCUT2D eigenvalue weighted by molar-refractivity contribution is -1.10. The van der Waals surface area contributed by atoms with Crippen LogP contribution in [0.25, 0.3) is 0 Å². The van der Waals surface area contributed by atoms with Gasteiger partial charge in [0.05, 0.1) is 13.7 Å². The summed E-state index contributed by atoms with van der Waals surface area (Å²) in [7, 11) is 1.68. The minimum Gasteiger partial charge on any atom is -0.390 e. The number of nitrogens with zero attached hydrogens (tertiary/aromatic N) is 1. The van der Waals surface area contributed by atoms with E-state index in [0.29, 0.717) is 11.2 Å². The molecule has 3 nitrogen and oxygen atoms in total. The van der Waals surface area contributed by atoms with Crippen LogP contribution < -0.4 is 0 Å². The van der Waals surface area contributed by atoms with E-state index in [9.17, 15) is 0 Å². The maximum atomic E-state index is 8.70. The number of hydrogen-bond donors (Lipinski definition) is 1. The highest BCUT2D eigenvalue weighted by atomic mass is 16.7. The average Bonchev–Trinajstić information content (AvgIpc) is 2.01. The van der Waals surface area contributed by atoms with Gasteiger partial charge in [-0.05, 0) is 13.8 Å². The van der Waals surface area contributed by atoms with Crippen LogP contribution in [0.5, 0.6) is 0 Å². The molecule has 0 aromatic heterocycles. The van der Waals surface area contributed by atoms with Crippen molar-refractivity contribution in [3.8, 4) is 0 Å². The Morgan fingerprint density at radius 1 is 1.30 bits per heavy atom. The van der Waals surface area contributed by atoms with Gasteiger partial charge in [-0.2, -0.15) is 4.65 Å². The fourth-order valence-corrected chi connectivity index (χ4v) is 1.07. The molecule has 0 aliphatic heterocycles. The molecule has 10 heavy (non-hydrogen) atoms. The Balaban J connectivity index is 3.87. The second kappa shape index (κ2) is 4.66. The van der Waals surface area contributed by atoms with Gasteiger partial charge in [0.1, 0.15) is 19.6 Å². The van der Waals surface area contributed by atoms with Crippen LogP contribution >= 0.6 is 0 Å². The zero-order chi connectivity index (χ0) is 8.04. The largest absolute Gasteiger partial charge is 0.390 e. The average molecular weight is 148 g/mol. The van der Waals surface area contributed by atoms with E-state index in [1.54, 1.807) is 7.11 Å². The van der Waals surface area contributed by atoms with Crippen LogP contribution in [-0.2, 0) is 4.84 Å². The van der Waals surface area contributed by atoms with Crippen LogP contribution in [0.2, 0.25) is 0 Å². The van der Waals surface area contributed by atoms with Crippen LogP contribution in [-0.4, -0.2) is 43.1 Å². The predicted molar refractivity (Wildman–Crippen MR) is 40.3 cm³/mol. The molecule has 0 fully saturated rings. The van der Waals surface area contributed by atoms with E-state index >= 15 is 0 Å². The molecule has 0 saturated carbocycles. The highest BCUT2D eigenvalue weighted by Crippen LogP contribution is 2.04. The standard InChI is InChI=1S/C7H18NO2/c1-4-8(5-2,10-3)6-7-9/h9H,4-7H2,1-3H3/q+1. The molecule has 62 valence electrons. The first-order valence-corrected chi connectivity index (χ1v) is 3.77. The second-order valence-electron chi connectivity index (χ2n) is 2.32. The summed E-state index contributed by atoms with van der Waals surface area (Å²) in [6, 6.07) is 0. The summed E-state index contributed by atoms with van der Waals surface area (Å²) in [6.45, 7) is 6.81. The number of quaternary nitrogens is 1. The third-order valence-electron chi connectivity index (χ3n) is 2.05. The maximum Gasteiger partial charge on any atom is 0.132 e. The van der Waals surface area contributed by atoms with Crippen LogP contribution in [0.3, 0.4) is 0 Å². The lowest BCUT2D eigenvalue weighted by Gasteiger charge is -2.31. The van der Waals surface area contributed by atoms with E-state index in [0.717, 1.165) is 13.1 Å². The Morgan fingerprint density at radius 2 is 1.80 bits per heavy atom. The van der Waals surface area contributed by atoms with Crippen molar-refractivity contribution in [2.45, 2.75) is 13.8 Å². The molecule has 0 aliphatic rings. The van der Waals surface area contributed by atoms with Crippen molar-refractivity contribution in [3.05, 3.63) is 0 Å². The Bertz CT molecular complexity index is 73.4. The van der Waals surface area contributed by atoms with Crippen LogP contribution in [0, 0.1) is 0 Å². The molecular weight excluding hydrogens is 130 g/mol. The van der Waals surface area contributed by atoms with Crippen molar-refractivity contribution < 1.29 is 14.6 Å². The second-order valence-corrected chi connectivity index (χ2v) is 2.32. The maximum absolute atomic E-state index is 8.70. The summed E-state index contributed by atoms with van der Waals surface area (Å²) in [5, 5.41) is 8.70. The van der Waals surface area contributed by atoms with Gasteiger partial charge in [0.2, 0.25) is 0 Å². The number of aliphatic hydroxyl groups excluding tert-OH is 1. The monoisotopic (exact) mass is 148 g/mol. The van der Waals surface area contributed by atoms with Crippen LogP contribution in [0.15, 0.2) is 0 Å². The van der Waals surface area contributed by atoms with Gasteiger partial charge >= 0.3 is 0 Å². The molecule has 0 heterocycles. The smallest absolute Gasteiger partial charge is 0.132 e. The van der Waals surface area contributed by atoms with Crippen molar-refractivity contribution in [1.82, 2.24) is 0 Å². The fourth-order valence-electron chi connectivity index (χ4n) is 1.07. The summed E-state index contributed by atoms with van der Waals surface area (Å²) in [5.41, 5.74) is 0. The van der Waals surface area contributed by atoms with E-state index < -0.39 is 0 Å². The zero-order valence-electron chi connectivity index (χ0n) is 7.13. The highest BCUT2D eigenvalue weighted by molar-refractivity contribution is 4.26. The van der Waals surface area contributed by atoms with Crippen LogP contribution in [0.1, 0.15) is 13.8 Å². The molecule has 0 aliphatic carbocycles. The van der Waals surface area contributed by atoms with Gasteiger partial charge in [-0.1, -0.05) is 0 Å². The lowest BCUT2D eigenvalue weighted by Crippen LogP contribution is -2.48. The van der Waals surface area contributed by atoms with Crippen molar-refractivity contribution >= 4 is 0 Å². The molecule has 0 spiro atoms. The number of hydroxylamine groups is 3. The van der Waals surface area contributed by atoms with E-state index in [1.165, 1.54) is 0 Å². The lowest BCUT2D eigenvalue weighted by atomic mass is 10.4. The topological polar surface area (TPSA) is 29.5 Å². The van der Waals surface area contributed by atoms with E-state index in [4.69, 9.17) is 9.94 Å². The highest BCUT2D eigenvalue weighted by Gasteiger charge is 2.22. The van der Waals surface area contributed by atoms with Crippen molar-refractivity contribution in [1.29, 1.82) is 0 Å². The summed E-state index contributed by atoms with van der Waals surface area (Å²) < 4.78 is 0.552. The summed E-state index contributed by atoms with van der Waals surface area (Å²) in [6.07, 6.45) is 0. The predicted octanol–water partition coefficient (Wildman–Crippen LogP) is 0.397. The molecule has 1 N–H and O–H groups in total. The minimum absolute atomic E-state index is 0.190. The molecule has 0 rings (SSSR count). The molecule has 3 heteroatoms. The molecule has 0 atom stereocenters. The Kier molecular flexibility index (Phi) is 4.60. The van der Waals surface area contributed by atoms with Crippen molar-refractivity contribution in [2.24, 2.45) is 0 Å². The van der Waals surface area contributed by atoms with Gasteiger partial charge in [-0.3, -0.25) is 0 Å². The summed E-state index contributed by atoms with van der Waals surface area (Å²) >= 11 is 0. The number of hydrogen-bond acceptors (Lipinski definition) is 2. The molecule has 0 aromatic carbocycles.